The Labute approximate surface area is 126 Å². The van der Waals surface area contributed by atoms with Gasteiger partial charge >= 0.3 is 0 Å². The predicted molar refractivity (Wildman–Crippen MR) is 81.6 cm³/mol. The summed E-state index contributed by atoms with van der Waals surface area (Å²) in [6.45, 7) is 4.13. The molecule has 0 amide bonds. The number of benzene rings is 1. The summed E-state index contributed by atoms with van der Waals surface area (Å²) in [4.78, 5) is 0. The Hall–Kier alpha value is -1.40. The van der Waals surface area contributed by atoms with Crippen molar-refractivity contribution in [2.45, 2.75) is 32.1 Å². The molecule has 20 heavy (non-hydrogen) atoms. The van der Waals surface area contributed by atoms with Gasteiger partial charge in [-0.15, -0.1) is 11.6 Å². The van der Waals surface area contributed by atoms with E-state index in [0.29, 0.717) is 17.4 Å². The first-order chi connectivity index (χ1) is 9.55. The van der Waals surface area contributed by atoms with Crippen LogP contribution < -0.4 is 9.47 Å². The van der Waals surface area contributed by atoms with Gasteiger partial charge in [0, 0.05) is 5.88 Å². The van der Waals surface area contributed by atoms with E-state index in [9.17, 15) is 5.26 Å². The molecular weight excluding hydrogens is 274 g/mol. The van der Waals surface area contributed by atoms with Gasteiger partial charge in [-0.2, -0.15) is 5.26 Å². The molecule has 0 aromatic heterocycles. The summed E-state index contributed by atoms with van der Waals surface area (Å²) in [5.41, 5.74) is 0.409. The quantitative estimate of drug-likeness (QED) is 0.710. The van der Waals surface area contributed by atoms with E-state index in [1.807, 2.05) is 18.2 Å². The summed E-state index contributed by atoms with van der Waals surface area (Å²) < 4.78 is 10.6. The van der Waals surface area contributed by atoms with E-state index in [0.717, 1.165) is 18.4 Å². The SMILES string of the molecule is COc1ccc([C@@](C#N)(CCCCl)C(C)C)cc1OC. The largest absolute Gasteiger partial charge is 0.493 e. The number of rotatable bonds is 7. The number of halogens is 1. The van der Waals surface area contributed by atoms with Gasteiger partial charge in [-0.1, -0.05) is 19.9 Å². The van der Waals surface area contributed by atoms with Gasteiger partial charge in [0.25, 0.3) is 0 Å². The maximum atomic E-state index is 9.75. The summed E-state index contributed by atoms with van der Waals surface area (Å²) in [6, 6.07) is 8.19. The molecule has 0 saturated heterocycles. The van der Waals surface area contributed by atoms with Gasteiger partial charge in [0.1, 0.15) is 0 Å². The molecule has 0 saturated carbocycles. The molecule has 0 aliphatic heterocycles. The zero-order chi connectivity index (χ0) is 15.2. The second-order valence-corrected chi connectivity index (χ2v) is 5.48. The van der Waals surface area contributed by atoms with E-state index in [4.69, 9.17) is 21.1 Å². The van der Waals surface area contributed by atoms with E-state index in [1.54, 1.807) is 14.2 Å². The molecule has 0 heterocycles. The number of hydrogen-bond acceptors (Lipinski definition) is 3. The first kappa shape index (κ1) is 16.7. The summed E-state index contributed by atoms with van der Waals surface area (Å²) in [5, 5.41) is 9.75. The van der Waals surface area contributed by atoms with Crippen LogP contribution in [-0.4, -0.2) is 20.1 Å². The van der Waals surface area contributed by atoms with Gasteiger partial charge in [0.15, 0.2) is 11.5 Å². The molecule has 1 atom stereocenters. The van der Waals surface area contributed by atoms with Crippen molar-refractivity contribution < 1.29 is 9.47 Å². The second-order valence-electron chi connectivity index (χ2n) is 5.10. The fourth-order valence-corrected chi connectivity index (χ4v) is 2.61. The Morgan fingerprint density at radius 2 is 1.90 bits per heavy atom. The van der Waals surface area contributed by atoms with Crippen LogP contribution in [0.5, 0.6) is 11.5 Å². The highest BCUT2D eigenvalue weighted by Gasteiger charge is 2.36. The number of ether oxygens (including phenoxy) is 2. The van der Waals surface area contributed by atoms with Crippen molar-refractivity contribution in [3.63, 3.8) is 0 Å². The fraction of sp³-hybridized carbons (Fsp3) is 0.562. The maximum absolute atomic E-state index is 9.75. The molecule has 1 aromatic carbocycles. The van der Waals surface area contributed by atoms with Crippen LogP contribution in [0.1, 0.15) is 32.3 Å². The lowest BCUT2D eigenvalue weighted by Gasteiger charge is -2.31. The number of methoxy groups -OCH3 is 2. The molecular formula is C16H22ClNO2. The summed E-state index contributed by atoms with van der Waals surface area (Å²) in [5.74, 6) is 2.07. The van der Waals surface area contributed by atoms with Gasteiger partial charge in [0.05, 0.1) is 25.7 Å². The first-order valence-electron chi connectivity index (χ1n) is 6.75. The smallest absolute Gasteiger partial charge is 0.161 e. The minimum Gasteiger partial charge on any atom is -0.493 e. The molecule has 0 N–H and O–H groups in total. The van der Waals surface area contributed by atoms with Crippen LogP contribution in [0, 0.1) is 17.2 Å². The molecule has 0 aliphatic rings. The zero-order valence-electron chi connectivity index (χ0n) is 12.6. The molecule has 4 heteroatoms. The Bertz CT molecular complexity index is 482. The van der Waals surface area contributed by atoms with E-state index >= 15 is 0 Å². The summed E-state index contributed by atoms with van der Waals surface area (Å²) in [6.07, 6.45) is 1.54. The molecule has 0 radical (unpaired) electrons. The predicted octanol–water partition coefficient (Wildman–Crippen LogP) is 4.14. The summed E-state index contributed by atoms with van der Waals surface area (Å²) in [7, 11) is 3.20. The Balaban J connectivity index is 3.31. The van der Waals surface area contributed by atoms with Crippen LogP contribution in [0.2, 0.25) is 0 Å². The average Bonchev–Trinajstić information content (AvgIpc) is 2.47. The first-order valence-corrected chi connectivity index (χ1v) is 7.29. The second kappa shape index (κ2) is 7.40. The van der Waals surface area contributed by atoms with Crippen LogP contribution in [0.15, 0.2) is 18.2 Å². The summed E-state index contributed by atoms with van der Waals surface area (Å²) >= 11 is 5.81. The standard InChI is InChI=1S/C16H22ClNO2/c1-12(2)16(11-18,8-5-9-17)13-6-7-14(19-3)15(10-13)20-4/h6-7,10,12H,5,8-9H2,1-4H3/t16-/m1/s1. The highest BCUT2D eigenvalue weighted by molar-refractivity contribution is 6.17. The number of nitriles is 1. The monoisotopic (exact) mass is 295 g/mol. The third-order valence-corrected chi connectivity index (χ3v) is 4.06. The third kappa shape index (κ3) is 3.19. The lowest BCUT2D eigenvalue weighted by atomic mass is 9.70. The van der Waals surface area contributed by atoms with E-state index in [-0.39, 0.29) is 5.92 Å². The molecule has 0 bridgehead atoms. The van der Waals surface area contributed by atoms with Crippen LogP contribution in [0.4, 0.5) is 0 Å². The van der Waals surface area contributed by atoms with Gasteiger partial charge in [-0.3, -0.25) is 0 Å². The van der Waals surface area contributed by atoms with Crippen LogP contribution in [0.3, 0.4) is 0 Å². The van der Waals surface area contributed by atoms with Crippen molar-refractivity contribution in [3.05, 3.63) is 23.8 Å². The fourth-order valence-electron chi connectivity index (χ4n) is 2.48. The van der Waals surface area contributed by atoms with Crippen molar-refractivity contribution in [1.29, 1.82) is 5.26 Å². The van der Waals surface area contributed by atoms with Gasteiger partial charge in [-0.05, 0) is 36.5 Å². The molecule has 0 fully saturated rings. The minimum absolute atomic E-state index is 0.189. The van der Waals surface area contributed by atoms with Crippen molar-refractivity contribution in [2.75, 3.05) is 20.1 Å². The lowest BCUT2D eigenvalue weighted by Crippen LogP contribution is -2.31. The Kier molecular flexibility index (Phi) is 6.16. The maximum Gasteiger partial charge on any atom is 0.161 e. The van der Waals surface area contributed by atoms with Crippen molar-refractivity contribution in [2.24, 2.45) is 5.92 Å². The lowest BCUT2D eigenvalue weighted by molar-refractivity contribution is 0.344. The van der Waals surface area contributed by atoms with Crippen molar-refractivity contribution in [3.8, 4) is 17.6 Å². The number of nitrogens with zero attached hydrogens (tertiary/aromatic N) is 1. The Morgan fingerprint density at radius 3 is 2.35 bits per heavy atom. The van der Waals surface area contributed by atoms with Crippen molar-refractivity contribution >= 4 is 11.6 Å². The molecule has 0 unspecified atom stereocenters. The molecule has 0 aliphatic carbocycles. The molecule has 0 spiro atoms. The van der Waals surface area contributed by atoms with Crippen LogP contribution in [0.25, 0.3) is 0 Å². The highest BCUT2D eigenvalue weighted by atomic mass is 35.5. The van der Waals surface area contributed by atoms with Gasteiger partial charge in [0.2, 0.25) is 0 Å². The molecule has 1 rings (SSSR count). The number of hydrogen-bond donors (Lipinski definition) is 0. The van der Waals surface area contributed by atoms with E-state index in [2.05, 4.69) is 19.9 Å². The minimum atomic E-state index is -0.547. The average molecular weight is 296 g/mol. The number of alkyl halides is 1. The molecule has 110 valence electrons. The van der Waals surface area contributed by atoms with E-state index < -0.39 is 5.41 Å². The van der Waals surface area contributed by atoms with Gasteiger partial charge < -0.3 is 9.47 Å². The van der Waals surface area contributed by atoms with Gasteiger partial charge in [-0.25, -0.2) is 0 Å². The Morgan fingerprint density at radius 1 is 1.25 bits per heavy atom. The van der Waals surface area contributed by atoms with E-state index in [1.165, 1.54) is 0 Å². The van der Waals surface area contributed by atoms with Crippen LogP contribution >= 0.6 is 11.6 Å². The normalized spacial score (nSPS) is 13.7. The third-order valence-electron chi connectivity index (χ3n) is 3.79. The molecule has 1 aromatic rings. The molecule has 3 nitrogen and oxygen atoms in total. The highest BCUT2D eigenvalue weighted by Crippen LogP contribution is 2.40. The topological polar surface area (TPSA) is 42.2 Å². The zero-order valence-corrected chi connectivity index (χ0v) is 13.3. The van der Waals surface area contributed by atoms with Crippen LogP contribution in [-0.2, 0) is 5.41 Å². The van der Waals surface area contributed by atoms with Crippen molar-refractivity contribution in [1.82, 2.24) is 0 Å².